The molecule has 0 spiro atoms. The minimum atomic E-state index is -1.51. The maximum atomic E-state index is 12.3. The van der Waals surface area contributed by atoms with Crippen molar-refractivity contribution in [2.24, 2.45) is 0 Å². The maximum Gasteiger partial charge on any atom is 0.196 e. The fourth-order valence-corrected chi connectivity index (χ4v) is 1.91. The topological polar surface area (TPSA) is 96.8 Å². The molecule has 94 valence electrons. The molecule has 0 aliphatic carbocycles. The second-order valence-corrected chi connectivity index (χ2v) is 3.97. The van der Waals surface area contributed by atoms with Gasteiger partial charge in [-0.1, -0.05) is 30.3 Å². The summed E-state index contributed by atoms with van der Waals surface area (Å²) in [5.41, 5.74) is 0.258. The third-order valence-corrected chi connectivity index (χ3v) is 2.77. The zero-order valence-corrected chi connectivity index (χ0v) is 10.1. The zero-order valence-electron chi connectivity index (χ0n) is 10.1. The van der Waals surface area contributed by atoms with Crippen LogP contribution in [-0.2, 0) is 0 Å². The number of benzene rings is 1. The molecule has 0 saturated carbocycles. The Morgan fingerprint density at radius 2 is 1.89 bits per heavy atom. The third kappa shape index (κ3) is 2.11. The Kier molecular flexibility index (Phi) is 3.17. The van der Waals surface area contributed by atoms with E-state index in [9.17, 15) is 14.7 Å². The first kappa shape index (κ1) is 12.6. The average Bonchev–Trinajstić information content (AvgIpc) is 2.76. The number of aromatic nitrogens is 1. The van der Waals surface area contributed by atoms with E-state index in [1.807, 2.05) is 0 Å². The molecule has 1 N–H and O–H groups in total. The highest BCUT2D eigenvalue weighted by molar-refractivity contribution is 6.12. The van der Waals surface area contributed by atoms with Crippen LogP contribution < -0.4 is 5.11 Å². The predicted molar refractivity (Wildman–Crippen MR) is 64.4 cm³/mol. The maximum absolute atomic E-state index is 12.3. The molecule has 0 atom stereocenters. The molecule has 5 nitrogen and oxygen atoms in total. The van der Waals surface area contributed by atoms with Gasteiger partial charge >= 0.3 is 0 Å². The lowest BCUT2D eigenvalue weighted by atomic mass is 9.99. The number of rotatable bonds is 3. The molecule has 0 bridgehead atoms. The fourth-order valence-electron chi connectivity index (χ4n) is 1.91. The minimum absolute atomic E-state index is 0.0768. The molecular weight excluding hydrogens is 244 g/mol. The van der Waals surface area contributed by atoms with Gasteiger partial charge in [-0.2, -0.15) is 5.26 Å². The number of ketones is 1. The molecule has 0 amide bonds. The molecule has 5 heteroatoms. The van der Waals surface area contributed by atoms with Crippen molar-refractivity contribution in [2.45, 2.75) is 6.92 Å². The van der Waals surface area contributed by atoms with E-state index in [4.69, 9.17) is 5.26 Å². The highest BCUT2D eigenvalue weighted by Crippen LogP contribution is 2.21. The van der Waals surface area contributed by atoms with Gasteiger partial charge in [0, 0.05) is 11.3 Å². The average molecular weight is 253 g/mol. The second kappa shape index (κ2) is 4.78. The van der Waals surface area contributed by atoms with E-state index in [2.05, 4.69) is 4.98 Å². The Bertz CT molecular complexity index is 693. The highest BCUT2D eigenvalue weighted by Gasteiger charge is 2.22. The summed E-state index contributed by atoms with van der Waals surface area (Å²) in [5, 5.41) is 19.9. The summed E-state index contributed by atoms with van der Waals surface area (Å²) in [6, 6.07) is 10.1. The van der Waals surface area contributed by atoms with Gasteiger partial charge in [0.15, 0.2) is 5.78 Å². The first-order valence-corrected chi connectivity index (χ1v) is 5.50. The predicted octanol–water partition coefficient (Wildman–Crippen LogP) is 0.789. The van der Waals surface area contributed by atoms with Crippen molar-refractivity contribution in [3.05, 3.63) is 58.4 Å². The van der Waals surface area contributed by atoms with Gasteiger partial charge in [-0.25, -0.2) is 0 Å². The number of H-pyrrole nitrogens is 1. The van der Waals surface area contributed by atoms with Crippen LogP contribution in [0.5, 0.6) is 0 Å². The van der Waals surface area contributed by atoms with Gasteiger partial charge in [0.1, 0.15) is 6.07 Å². The number of aromatic carboxylic acids is 1. The van der Waals surface area contributed by atoms with E-state index in [0.29, 0.717) is 11.3 Å². The van der Waals surface area contributed by atoms with Crippen molar-refractivity contribution in [3.63, 3.8) is 0 Å². The molecule has 2 aromatic rings. The standard InChI is InChI=1S/C14H10N2O3/c1-8-11(10(7-15)12(16-8)14(18)19)13(17)9-5-3-2-4-6-9/h2-6,16H,1H3,(H,18,19)/p-1. The number of carbonyl (C=O) groups is 2. The SMILES string of the molecule is Cc1[nH]c(C(=O)[O-])c(C#N)c1C(=O)c1ccccc1. The van der Waals surface area contributed by atoms with E-state index in [-0.39, 0.29) is 16.8 Å². The first-order chi connectivity index (χ1) is 9.06. The smallest absolute Gasteiger partial charge is 0.196 e. The molecule has 1 aromatic carbocycles. The van der Waals surface area contributed by atoms with E-state index >= 15 is 0 Å². The van der Waals surface area contributed by atoms with Crippen LogP contribution in [0.2, 0.25) is 0 Å². The Balaban J connectivity index is 2.61. The molecule has 2 rings (SSSR count). The molecule has 19 heavy (non-hydrogen) atoms. The zero-order chi connectivity index (χ0) is 14.0. The van der Waals surface area contributed by atoms with Crippen molar-refractivity contribution in [3.8, 4) is 6.07 Å². The van der Waals surface area contributed by atoms with Crippen molar-refractivity contribution < 1.29 is 14.7 Å². The van der Waals surface area contributed by atoms with Crippen LogP contribution in [0.15, 0.2) is 30.3 Å². The lowest BCUT2D eigenvalue weighted by molar-refractivity contribution is -0.255. The molecule has 0 fully saturated rings. The summed E-state index contributed by atoms with van der Waals surface area (Å²) in [4.78, 5) is 25.7. The molecule has 0 radical (unpaired) electrons. The van der Waals surface area contributed by atoms with Crippen molar-refractivity contribution >= 4 is 11.8 Å². The van der Waals surface area contributed by atoms with Gasteiger partial charge in [0.25, 0.3) is 0 Å². The van der Waals surface area contributed by atoms with Crippen LogP contribution in [0, 0.1) is 18.3 Å². The number of nitriles is 1. The van der Waals surface area contributed by atoms with Gasteiger partial charge in [0.2, 0.25) is 0 Å². The number of hydrogen-bond acceptors (Lipinski definition) is 4. The molecule has 0 unspecified atom stereocenters. The van der Waals surface area contributed by atoms with Gasteiger partial charge in [-0.05, 0) is 6.92 Å². The third-order valence-electron chi connectivity index (χ3n) is 2.77. The van der Waals surface area contributed by atoms with E-state index < -0.39 is 11.8 Å². The Morgan fingerprint density at radius 3 is 2.42 bits per heavy atom. The number of nitrogens with zero attached hydrogens (tertiary/aromatic N) is 1. The summed E-state index contributed by atoms with van der Waals surface area (Å²) in [7, 11) is 0. The van der Waals surface area contributed by atoms with Crippen molar-refractivity contribution in [1.29, 1.82) is 5.26 Å². The van der Waals surface area contributed by atoms with E-state index in [1.54, 1.807) is 43.3 Å². The van der Waals surface area contributed by atoms with E-state index in [0.717, 1.165) is 0 Å². The Hall–Kier alpha value is -2.87. The Morgan fingerprint density at radius 1 is 1.26 bits per heavy atom. The fraction of sp³-hybridized carbons (Fsp3) is 0.0714. The van der Waals surface area contributed by atoms with Crippen LogP contribution in [0.1, 0.15) is 37.7 Å². The summed E-state index contributed by atoms with van der Waals surface area (Å²) in [5.74, 6) is -1.90. The number of carboxylic acid groups (broad SMARTS) is 1. The first-order valence-electron chi connectivity index (χ1n) is 5.50. The van der Waals surface area contributed by atoms with Crippen molar-refractivity contribution in [2.75, 3.05) is 0 Å². The number of nitrogens with one attached hydrogen (secondary N) is 1. The van der Waals surface area contributed by atoms with Crippen LogP contribution in [0.4, 0.5) is 0 Å². The lowest BCUT2D eigenvalue weighted by Crippen LogP contribution is -2.23. The second-order valence-electron chi connectivity index (χ2n) is 3.97. The highest BCUT2D eigenvalue weighted by atomic mass is 16.4. The van der Waals surface area contributed by atoms with Crippen LogP contribution >= 0.6 is 0 Å². The normalized spacial score (nSPS) is 9.89. The van der Waals surface area contributed by atoms with Crippen LogP contribution in [-0.4, -0.2) is 16.7 Å². The number of aryl methyl sites for hydroxylation is 1. The van der Waals surface area contributed by atoms with Gasteiger partial charge in [-0.3, -0.25) is 4.79 Å². The van der Waals surface area contributed by atoms with E-state index in [1.165, 1.54) is 0 Å². The summed E-state index contributed by atoms with van der Waals surface area (Å²) in [6.07, 6.45) is 0. The van der Waals surface area contributed by atoms with Crippen molar-refractivity contribution in [1.82, 2.24) is 4.98 Å². The summed E-state index contributed by atoms with van der Waals surface area (Å²) >= 11 is 0. The van der Waals surface area contributed by atoms with Gasteiger partial charge < -0.3 is 14.9 Å². The summed E-state index contributed by atoms with van der Waals surface area (Å²) < 4.78 is 0. The molecule has 0 aliphatic heterocycles. The number of carbonyl (C=O) groups excluding carboxylic acids is 2. The summed E-state index contributed by atoms with van der Waals surface area (Å²) in [6.45, 7) is 1.55. The molecular formula is C14H9N2O3-. The Labute approximate surface area is 109 Å². The van der Waals surface area contributed by atoms with Crippen LogP contribution in [0.3, 0.4) is 0 Å². The lowest BCUT2D eigenvalue weighted by Gasteiger charge is -2.01. The molecule has 0 aliphatic rings. The number of hydrogen-bond donors (Lipinski definition) is 1. The minimum Gasteiger partial charge on any atom is -0.543 e. The van der Waals surface area contributed by atoms with Crippen LogP contribution in [0.25, 0.3) is 0 Å². The molecule has 1 heterocycles. The van der Waals surface area contributed by atoms with Gasteiger partial charge in [0.05, 0.1) is 22.8 Å². The largest absolute Gasteiger partial charge is 0.543 e. The van der Waals surface area contributed by atoms with Gasteiger partial charge in [-0.15, -0.1) is 0 Å². The number of aromatic amines is 1. The quantitative estimate of drug-likeness (QED) is 0.817. The molecule has 0 saturated heterocycles. The molecule has 1 aromatic heterocycles. The monoisotopic (exact) mass is 253 g/mol. The number of carboxylic acids is 1.